The molecule has 2 N–H and O–H groups in total. The van der Waals surface area contributed by atoms with Gasteiger partial charge in [-0.1, -0.05) is 30.3 Å². The van der Waals surface area contributed by atoms with Gasteiger partial charge in [0.2, 0.25) is 11.8 Å². The molecule has 6 amide bonds. The van der Waals surface area contributed by atoms with Gasteiger partial charge in [0, 0.05) is 24.4 Å². The summed E-state index contributed by atoms with van der Waals surface area (Å²) >= 11 is 1.39. The summed E-state index contributed by atoms with van der Waals surface area (Å²) in [6, 6.07) is 4.56. The van der Waals surface area contributed by atoms with E-state index < -0.39 is 63.9 Å². The number of rotatable bonds is 7. The molecule has 3 aliphatic rings. The molecule has 12 nitrogen and oxygen atoms in total. The maximum atomic E-state index is 13.4. The van der Waals surface area contributed by atoms with Crippen LogP contribution in [0.3, 0.4) is 0 Å². The van der Waals surface area contributed by atoms with E-state index >= 15 is 0 Å². The van der Waals surface area contributed by atoms with E-state index in [1.54, 1.807) is 44.2 Å². The van der Waals surface area contributed by atoms with Crippen LogP contribution in [0.2, 0.25) is 0 Å². The number of fused-ring (bicyclic) bond motifs is 1. The number of hydrogen-bond donors (Lipinski definition) is 2. The minimum Gasteiger partial charge on any atom is -0.464 e. The highest BCUT2D eigenvalue weighted by molar-refractivity contribution is 8.01. The van der Waals surface area contributed by atoms with Gasteiger partial charge in [-0.25, -0.2) is 9.59 Å². The number of nitrogens with one attached hydrogen (secondary N) is 2. The summed E-state index contributed by atoms with van der Waals surface area (Å²) in [6.45, 7) is 7.82. The van der Waals surface area contributed by atoms with E-state index in [2.05, 4.69) is 10.6 Å². The van der Waals surface area contributed by atoms with Crippen LogP contribution in [0, 0.1) is 0 Å². The molecule has 38 heavy (non-hydrogen) atoms. The Bertz CT molecular complexity index is 1160. The predicted molar refractivity (Wildman–Crippen MR) is 136 cm³/mol. The molecule has 1 aromatic carbocycles. The van der Waals surface area contributed by atoms with Crippen LogP contribution in [0.4, 0.5) is 4.79 Å². The van der Waals surface area contributed by atoms with Crippen LogP contribution in [-0.2, 0) is 28.7 Å². The van der Waals surface area contributed by atoms with Crippen molar-refractivity contribution in [3.8, 4) is 0 Å². The third-order valence-corrected chi connectivity index (χ3v) is 8.42. The Balaban J connectivity index is 1.50. The maximum absolute atomic E-state index is 13.4. The zero-order chi connectivity index (χ0) is 27.8. The summed E-state index contributed by atoms with van der Waals surface area (Å²) in [6.07, 6.45) is 0. The van der Waals surface area contributed by atoms with E-state index in [4.69, 9.17) is 4.74 Å². The molecule has 4 atom stereocenters. The largest absolute Gasteiger partial charge is 0.464 e. The molecule has 3 aliphatic heterocycles. The minimum atomic E-state index is -1.24. The number of thioether (sulfide) groups is 1. The topological polar surface area (TPSA) is 145 Å². The molecule has 0 bridgehead atoms. The second-order valence-electron chi connectivity index (χ2n) is 9.63. The lowest BCUT2D eigenvalue weighted by atomic mass is 9.95. The molecule has 0 saturated carbocycles. The van der Waals surface area contributed by atoms with Gasteiger partial charge in [0.15, 0.2) is 0 Å². The van der Waals surface area contributed by atoms with Gasteiger partial charge in [-0.15, -0.1) is 11.8 Å². The van der Waals surface area contributed by atoms with E-state index in [0.717, 1.165) is 4.90 Å². The number of benzene rings is 1. The van der Waals surface area contributed by atoms with Gasteiger partial charge in [0.25, 0.3) is 0 Å². The lowest BCUT2D eigenvalue weighted by Gasteiger charge is -2.44. The first-order chi connectivity index (χ1) is 18.0. The number of β-lactam (4-membered cyclic amide) rings is 1. The molecule has 0 aromatic heterocycles. The second-order valence-corrected chi connectivity index (χ2v) is 11.4. The van der Waals surface area contributed by atoms with Crippen LogP contribution in [-0.4, -0.2) is 98.8 Å². The number of ether oxygens (including phenoxy) is 1. The third-order valence-electron chi connectivity index (χ3n) is 6.85. The molecule has 4 rings (SSSR count). The lowest BCUT2D eigenvalue weighted by molar-refractivity contribution is -0.164. The summed E-state index contributed by atoms with van der Waals surface area (Å²) in [4.78, 5) is 80.4. The molecule has 1 aromatic rings. The zero-order valence-electron chi connectivity index (χ0n) is 21.6. The quantitative estimate of drug-likeness (QED) is 0.282. The van der Waals surface area contributed by atoms with Crippen molar-refractivity contribution in [1.29, 1.82) is 0 Å². The van der Waals surface area contributed by atoms with Crippen molar-refractivity contribution in [2.75, 3.05) is 26.2 Å². The number of esters is 1. The van der Waals surface area contributed by atoms with Crippen molar-refractivity contribution >= 4 is 47.4 Å². The fourth-order valence-corrected chi connectivity index (χ4v) is 6.52. The van der Waals surface area contributed by atoms with E-state index in [-0.39, 0.29) is 19.7 Å². The first-order valence-electron chi connectivity index (χ1n) is 12.4. The number of likely N-dealkylation sites (N-methyl/N-ethyl adjacent to an activating group) is 1. The van der Waals surface area contributed by atoms with Gasteiger partial charge in [-0.3, -0.25) is 24.1 Å². The first-order valence-corrected chi connectivity index (χ1v) is 13.3. The Morgan fingerprint density at radius 1 is 1.08 bits per heavy atom. The number of hydrogen-bond acceptors (Lipinski definition) is 8. The molecule has 0 aliphatic carbocycles. The molecule has 3 saturated heterocycles. The summed E-state index contributed by atoms with van der Waals surface area (Å²) in [5, 5.41) is 4.78. The molecule has 0 unspecified atom stereocenters. The van der Waals surface area contributed by atoms with Gasteiger partial charge in [-0.2, -0.15) is 0 Å². The van der Waals surface area contributed by atoms with Crippen LogP contribution >= 0.6 is 11.8 Å². The van der Waals surface area contributed by atoms with E-state index in [1.807, 2.05) is 13.8 Å². The molecule has 0 radical (unpaired) electrons. The Morgan fingerprint density at radius 3 is 2.39 bits per heavy atom. The highest BCUT2D eigenvalue weighted by atomic mass is 32.2. The number of piperazine rings is 1. The summed E-state index contributed by atoms with van der Waals surface area (Å²) in [5.74, 6) is -3.34. The second kappa shape index (κ2) is 10.6. The van der Waals surface area contributed by atoms with Crippen LogP contribution in [0.1, 0.15) is 39.3 Å². The van der Waals surface area contributed by atoms with Gasteiger partial charge >= 0.3 is 23.8 Å². The monoisotopic (exact) mass is 545 g/mol. The summed E-state index contributed by atoms with van der Waals surface area (Å²) < 4.78 is 4.53. The standard InChI is InChI=1S/C25H31N5O7S/c1-5-28-12-13-29(21(34)20(28)33)24(36)27-15(14-10-8-7-9-11-14)18(31)26-16-19(32)30-17(23(35)37-6-2)25(3,4)38-22(16)30/h7-11,15-17,22H,5-6,12-13H2,1-4H3,(H,26,31)(H,27,36)/t15-,16-,17+,22-/m1/s1. The molecular weight excluding hydrogens is 514 g/mol. The number of carbonyl (C=O) groups is 6. The molecular formula is C25H31N5O7S. The van der Waals surface area contributed by atoms with Gasteiger partial charge < -0.3 is 25.2 Å². The summed E-state index contributed by atoms with van der Waals surface area (Å²) in [7, 11) is 0. The molecule has 13 heteroatoms. The van der Waals surface area contributed by atoms with Gasteiger partial charge in [0.1, 0.15) is 23.5 Å². The Hall–Kier alpha value is -3.61. The van der Waals surface area contributed by atoms with Crippen molar-refractivity contribution in [3.05, 3.63) is 35.9 Å². The number of imide groups is 1. The Morgan fingerprint density at radius 2 is 1.76 bits per heavy atom. The van der Waals surface area contributed by atoms with Gasteiger partial charge in [0.05, 0.1) is 6.61 Å². The van der Waals surface area contributed by atoms with Crippen LogP contribution in [0.5, 0.6) is 0 Å². The maximum Gasteiger partial charge on any atom is 0.330 e. The van der Waals surface area contributed by atoms with Crippen LogP contribution in [0.15, 0.2) is 30.3 Å². The Labute approximate surface area is 224 Å². The number of carbonyl (C=O) groups excluding carboxylic acids is 6. The predicted octanol–water partition coefficient (Wildman–Crippen LogP) is 0.238. The average molecular weight is 546 g/mol. The fraction of sp³-hybridized carbons (Fsp3) is 0.520. The van der Waals surface area contributed by atoms with E-state index in [1.165, 1.54) is 21.6 Å². The van der Waals surface area contributed by atoms with Crippen molar-refractivity contribution in [1.82, 2.24) is 25.3 Å². The van der Waals surface area contributed by atoms with Crippen molar-refractivity contribution in [3.63, 3.8) is 0 Å². The number of nitrogens with zero attached hydrogens (tertiary/aromatic N) is 3. The molecule has 3 fully saturated rings. The molecule has 3 heterocycles. The van der Waals surface area contributed by atoms with Gasteiger partial charge in [-0.05, 0) is 33.3 Å². The van der Waals surface area contributed by atoms with Crippen molar-refractivity contribution in [2.45, 2.75) is 55.9 Å². The SMILES string of the molecule is CCOC(=O)[C@@H]1N2C(=O)[C@@H](NC(=O)[C@H](NC(=O)N3CCN(CC)C(=O)C3=O)c3ccccc3)[C@H]2SC1(C)C. The van der Waals surface area contributed by atoms with E-state index in [9.17, 15) is 28.8 Å². The third kappa shape index (κ3) is 4.82. The zero-order valence-corrected chi connectivity index (χ0v) is 22.4. The normalized spacial score (nSPS) is 24.9. The smallest absolute Gasteiger partial charge is 0.330 e. The minimum absolute atomic E-state index is 0.00745. The molecule has 0 spiro atoms. The first kappa shape index (κ1) is 27.4. The fourth-order valence-electron chi connectivity index (χ4n) is 4.90. The highest BCUT2D eigenvalue weighted by Crippen LogP contribution is 2.51. The number of amides is 6. The summed E-state index contributed by atoms with van der Waals surface area (Å²) in [5.41, 5.74) is 0.428. The molecule has 204 valence electrons. The van der Waals surface area contributed by atoms with Crippen LogP contribution < -0.4 is 10.6 Å². The Kier molecular flexibility index (Phi) is 7.68. The highest BCUT2D eigenvalue weighted by Gasteiger charge is 2.64. The van der Waals surface area contributed by atoms with Crippen LogP contribution in [0.25, 0.3) is 0 Å². The number of urea groups is 1. The van der Waals surface area contributed by atoms with Crippen molar-refractivity contribution in [2.24, 2.45) is 0 Å². The van der Waals surface area contributed by atoms with E-state index in [0.29, 0.717) is 12.1 Å². The van der Waals surface area contributed by atoms with Crippen molar-refractivity contribution < 1.29 is 33.5 Å². The average Bonchev–Trinajstić information content (AvgIpc) is 3.15. The lowest BCUT2D eigenvalue weighted by Crippen LogP contribution is -2.71.